The average molecular weight is 213 g/mol. The third-order valence-electron chi connectivity index (χ3n) is 2.78. The van der Waals surface area contributed by atoms with Crippen LogP contribution in [0.4, 0.5) is 0 Å². The highest BCUT2D eigenvalue weighted by atomic mass is 16.4. The molecule has 0 aromatic heterocycles. The lowest BCUT2D eigenvalue weighted by atomic mass is 10.0. The molecule has 15 heavy (non-hydrogen) atoms. The number of oxime groups is 1. The van der Waals surface area contributed by atoms with Gasteiger partial charge in [-0.3, -0.25) is 0 Å². The minimum absolute atomic E-state index is 0.974. The van der Waals surface area contributed by atoms with Crippen LogP contribution in [0.2, 0.25) is 0 Å². The van der Waals surface area contributed by atoms with Crippen molar-refractivity contribution in [1.29, 1.82) is 0 Å². The highest BCUT2D eigenvalue weighted by Gasteiger charge is 1.99. The fourth-order valence-corrected chi connectivity index (χ4v) is 1.72. The molecule has 0 aliphatic carbocycles. The summed E-state index contributed by atoms with van der Waals surface area (Å²) in [6, 6.07) is 0. The van der Waals surface area contributed by atoms with E-state index in [4.69, 9.17) is 5.21 Å². The van der Waals surface area contributed by atoms with Crippen LogP contribution in [-0.2, 0) is 0 Å². The zero-order valence-corrected chi connectivity index (χ0v) is 10.5. The normalized spacial score (nSPS) is 12.0. The average Bonchev–Trinajstić information content (AvgIpc) is 2.27. The van der Waals surface area contributed by atoms with E-state index < -0.39 is 0 Å². The van der Waals surface area contributed by atoms with E-state index >= 15 is 0 Å². The van der Waals surface area contributed by atoms with E-state index in [1.807, 2.05) is 0 Å². The molecular weight excluding hydrogens is 186 g/mol. The molecule has 0 saturated carbocycles. The van der Waals surface area contributed by atoms with Crippen LogP contribution in [0, 0.1) is 0 Å². The summed E-state index contributed by atoms with van der Waals surface area (Å²) in [6.45, 7) is 4.40. The molecule has 0 rings (SSSR count). The molecule has 0 amide bonds. The van der Waals surface area contributed by atoms with Gasteiger partial charge in [0, 0.05) is 0 Å². The largest absolute Gasteiger partial charge is 0.411 e. The summed E-state index contributed by atoms with van der Waals surface area (Å²) >= 11 is 0. The molecule has 0 aliphatic heterocycles. The Hall–Kier alpha value is -0.530. The summed E-state index contributed by atoms with van der Waals surface area (Å²) in [5.41, 5.74) is 0.993. The first-order chi connectivity index (χ1) is 7.35. The summed E-state index contributed by atoms with van der Waals surface area (Å²) in [7, 11) is 0. The molecule has 0 bridgehead atoms. The lowest BCUT2D eigenvalue weighted by Gasteiger charge is -2.03. The second-order valence-corrected chi connectivity index (χ2v) is 4.29. The Morgan fingerprint density at radius 3 is 1.93 bits per heavy atom. The highest BCUT2D eigenvalue weighted by molar-refractivity contribution is 5.83. The molecule has 0 atom stereocenters. The minimum Gasteiger partial charge on any atom is -0.411 e. The van der Waals surface area contributed by atoms with Gasteiger partial charge in [-0.05, 0) is 25.7 Å². The van der Waals surface area contributed by atoms with Gasteiger partial charge in [-0.2, -0.15) is 0 Å². The van der Waals surface area contributed by atoms with Crippen molar-refractivity contribution in [2.45, 2.75) is 78.1 Å². The summed E-state index contributed by atoms with van der Waals surface area (Å²) in [4.78, 5) is 0. The van der Waals surface area contributed by atoms with Gasteiger partial charge in [0.05, 0.1) is 5.71 Å². The Kier molecular flexibility index (Phi) is 11.1. The lowest BCUT2D eigenvalue weighted by Crippen LogP contribution is -1.98. The predicted molar refractivity (Wildman–Crippen MR) is 66.7 cm³/mol. The molecule has 0 aliphatic rings. The zero-order chi connectivity index (χ0) is 11.4. The van der Waals surface area contributed by atoms with Crippen molar-refractivity contribution in [3.63, 3.8) is 0 Å². The maximum absolute atomic E-state index is 8.78. The van der Waals surface area contributed by atoms with Crippen molar-refractivity contribution >= 4 is 5.71 Å². The van der Waals surface area contributed by atoms with Gasteiger partial charge in [-0.15, -0.1) is 0 Å². The van der Waals surface area contributed by atoms with Gasteiger partial charge in [-0.25, -0.2) is 0 Å². The molecule has 0 heterocycles. The molecule has 0 radical (unpaired) electrons. The standard InChI is InChI=1S/C13H27NO/c1-3-5-7-8-9-10-12-13(14-15)11-6-4-2/h15H,3-12H2,1-2H3/b14-13+. The number of hydrogen-bond acceptors (Lipinski definition) is 2. The second-order valence-electron chi connectivity index (χ2n) is 4.29. The van der Waals surface area contributed by atoms with Gasteiger partial charge in [0.15, 0.2) is 0 Å². The molecule has 0 saturated heterocycles. The van der Waals surface area contributed by atoms with Crippen LogP contribution in [0.5, 0.6) is 0 Å². The first-order valence-corrected chi connectivity index (χ1v) is 6.54. The van der Waals surface area contributed by atoms with Crippen LogP contribution in [0.25, 0.3) is 0 Å². The van der Waals surface area contributed by atoms with E-state index in [1.54, 1.807) is 0 Å². The van der Waals surface area contributed by atoms with Crippen LogP contribution in [-0.4, -0.2) is 10.9 Å². The van der Waals surface area contributed by atoms with Crippen LogP contribution in [0.3, 0.4) is 0 Å². The highest BCUT2D eigenvalue weighted by Crippen LogP contribution is 2.09. The lowest BCUT2D eigenvalue weighted by molar-refractivity contribution is 0.315. The first-order valence-electron chi connectivity index (χ1n) is 6.54. The molecule has 0 spiro atoms. The molecule has 0 aromatic rings. The Labute approximate surface area is 94.8 Å². The Morgan fingerprint density at radius 2 is 1.33 bits per heavy atom. The molecular formula is C13H27NO. The van der Waals surface area contributed by atoms with Crippen LogP contribution >= 0.6 is 0 Å². The fourth-order valence-electron chi connectivity index (χ4n) is 1.72. The fraction of sp³-hybridized carbons (Fsp3) is 0.923. The SMILES string of the molecule is CCCCCCCC/C(CCCC)=N/O. The van der Waals surface area contributed by atoms with Gasteiger partial charge in [0.2, 0.25) is 0 Å². The van der Waals surface area contributed by atoms with Gasteiger partial charge in [0.25, 0.3) is 0 Å². The molecule has 90 valence electrons. The third kappa shape index (κ3) is 9.77. The smallest absolute Gasteiger partial charge is 0.0570 e. The first kappa shape index (κ1) is 14.5. The van der Waals surface area contributed by atoms with Crippen molar-refractivity contribution in [3.8, 4) is 0 Å². The quantitative estimate of drug-likeness (QED) is 0.241. The minimum atomic E-state index is 0.974. The maximum Gasteiger partial charge on any atom is 0.0570 e. The number of unbranched alkanes of at least 4 members (excludes halogenated alkanes) is 6. The summed E-state index contributed by atoms with van der Waals surface area (Å²) in [6.07, 6.45) is 12.1. The summed E-state index contributed by atoms with van der Waals surface area (Å²) in [5, 5.41) is 12.2. The molecule has 0 aromatic carbocycles. The van der Waals surface area contributed by atoms with Crippen LogP contribution < -0.4 is 0 Å². The van der Waals surface area contributed by atoms with E-state index in [9.17, 15) is 0 Å². The van der Waals surface area contributed by atoms with Gasteiger partial charge < -0.3 is 5.21 Å². The molecule has 0 unspecified atom stereocenters. The summed E-state index contributed by atoms with van der Waals surface area (Å²) < 4.78 is 0. The van der Waals surface area contributed by atoms with Crippen molar-refractivity contribution < 1.29 is 5.21 Å². The van der Waals surface area contributed by atoms with Gasteiger partial charge in [0.1, 0.15) is 0 Å². The van der Waals surface area contributed by atoms with Crippen molar-refractivity contribution in [3.05, 3.63) is 0 Å². The van der Waals surface area contributed by atoms with E-state index in [2.05, 4.69) is 19.0 Å². The molecule has 2 nitrogen and oxygen atoms in total. The van der Waals surface area contributed by atoms with E-state index in [0.717, 1.165) is 25.0 Å². The molecule has 0 fully saturated rings. The number of hydrogen-bond donors (Lipinski definition) is 1. The second kappa shape index (κ2) is 11.5. The van der Waals surface area contributed by atoms with Crippen LogP contribution in [0.15, 0.2) is 5.16 Å². The topological polar surface area (TPSA) is 32.6 Å². The molecule has 2 heteroatoms. The predicted octanol–water partition coefficient (Wildman–Crippen LogP) is 4.76. The van der Waals surface area contributed by atoms with Crippen LogP contribution in [0.1, 0.15) is 78.1 Å². The number of nitrogens with zero attached hydrogens (tertiary/aromatic N) is 1. The summed E-state index contributed by atoms with van der Waals surface area (Å²) in [5.74, 6) is 0. The Bertz CT molecular complexity index is 155. The van der Waals surface area contributed by atoms with Crippen molar-refractivity contribution in [2.75, 3.05) is 0 Å². The van der Waals surface area contributed by atoms with Crippen molar-refractivity contribution in [2.24, 2.45) is 5.16 Å². The van der Waals surface area contributed by atoms with E-state index in [-0.39, 0.29) is 0 Å². The van der Waals surface area contributed by atoms with Gasteiger partial charge >= 0.3 is 0 Å². The Morgan fingerprint density at radius 1 is 0.800 bits per heavy atom. The Balaban J connectivity index is 3.31. The van der Waals surface area contributed by atoms with Gasteiger partial charge in [-0.1, -0.05) is 57.5 Å². The van der Waals surface area contributed by atoms with E-state index in [1.165, 1.54) is 44.9 Å². The third-order valence-corrected chi connectivity index (χ3v) is 2.78. The number of rotatable bonds is 10. The zero-order valence-electron chi connectivity index (χ0n) is 10.5. The maximum atomic E-state index is 8.78. The monoisotopic (exact) mass is 213 g/mol. The molecule has 1 N–H and O–H groups in total. The van der Waals surface area contributed by atoms with E-state index in [0.29, 0.717) is 0 Å². The van der Waals surface area contributed by atoms with Crippen molar-refractivity contribution in [1.82, 2.24) is 0 Å².